The minimum absolute atomic E-state index is 0.00263. The van der Waals surface area contributed by atoms with Crippen molar-refractivity contribution in [2.75, 3.05) is 19.0 Å². The highest BCUT2D eigenvalue weighted by molar-refractivity contribution is 7.89. The fraction of sp³-hybridized carbons (Fsp3) is 0.125. The maximum Gasteiger partial charge on any atom is 0.256 e. The first kappa shape index (κ1) is 22.3. The number of carbonyl (C=O) groups is 1. The summed E-state index contributed by atoms with van der Waals surface area (Å²) in [5.74, 6) is 4.82. The topological polar surface area (TPSA) is 100 Å². The van der Waals surface area contributed by atoms with Gasteiger partial charge in [0.05, 0.1) is 41.1 Å². The minimum Gasteiger partial charge on any atom is -0.495 e. The van der Waals surface area contributed by atoms with Crippen LogP contribution in [-0.2, 0) is 14.8 Å². The summed E-state index contributed by atoms with van der Waals surface area (Å²) in [6.45, 7) is 1.63. The number of fused-ring (bicyclic) bond motifs is 1. The zero-order valence-electron chi connectivity index (χ0n) is 17.8. The summed E-state index contributed by atoms with van der Waals surface area (Å²) in [6.07, 6.45) is 3.22. The van der Waals surface area contributed by atoms with E-state index in [-0.39, 0.29) is 22.6 Å². The van der Waals surface area contributed by atoms with E-state index in [1.54, 1.807) is 30.5 Å². The second kappa shape index (κ2) is 8.94. The van der Waals surface area contributed by atoms with Gasteiger partial charge in [0.2, 0.25) is 10.0 Å². The third-order valence-electron chi connectivity index (χ3n) is 5.06. The lowest BCUT2D eigenvalue weighted by Gasteiger charge is -2.05. The lowest BCUT2D eigenvalue weighted by molar-refractivity contribution is -0.110. The van der Waals surface area contributed by atoms with Gasteiger partial charge in [0.1, 0.15) is 11.6 Å². The number of methoxy groups -OCH3 is 1. The highest BCUT2D eigenvalue weighted by Gasteiger charge is 2.29. The van der Waals surface area contributed by atoms with Crippen LogP contribution in [0.3, 0.4) is 0 Å². The minimum atomic E-state index is -3.76. The zero-order valence-corrected chi connectivity index (χ0v) is 18.6. The van der Waals surface area contributed by atoms with Gasteiger partial charge < -0.3 is 15.0 Å². The number of carbonyl (C=O) groups excluding carboxylic acids is 1. The first-order valence-electron chi connectivity index (χ1n) is 9.92. The van der Waals surface area contributed by atoms with Crippen LogP contribution in [-0.4, -0.2) is 33.0 Å². The summed E-state index contributed by atoms with van der Waals surface area (Å²) in [6, 6.07) is 10.8. The van der Waals surface area contributed by atoms with E-state index in [1.807, 2.05) is 6.92 Å². The van der Waals surface area contributed by atoms with E-state index in [0.717, 1.165) is 5.56 Å². The maximum absolute atomic E-state index is 14.7. The van der Waals surface area contributed by atoms with Crippen molar-refractivity contribution in [3.05, 3.63) is 76.9 Å². The predicted molar refractivity (Wildman–Crippen MR) is 123 cm³/mol. The van der Waals surface area contributed by atoms with Crippen LogP contribution in [0.25, 0.3) is 11.6 Å². The fourth-order valence-corrected chi connectivity index (χ4v) is 4.32. The molecule has 33 heavy (non-hydrogen) atoms. The van der Waals surface area contributed by atoms with E-state index < -0.39 is 21.7 Å². The van der Waals surface area contributed by atoms with Crippen LogP contribution in [0.1, 0.15) is 22.4 Å². The molecule has 0 radical (unpaired) electrons. The highest BCUT2D eigenvalue weighted by Crippen LogP contribution is 2.37. The molecule has 4 rings (SSSR count). The molecule has 0 fully saturated rings. The number of aryl methyl sites for hydroxylation is 1. The van der Waals surface area contributed by atoms with Crippen LogP contribution in [0.4, 0.5) is 10.1 Å². The number of benzene rings is 2. The molecule has 0 saturated heterocycles. The van der Waals surface area contributed by atoms with Crippen LogP contribution in [0.5, 0.6) is 5.75 Å². The van der Waals surface area contributed by atoms with Gasteiger partial charge in [-0.05, 0) is 43.3 Å². The number of aromatic nitrogens is 1. The number of rotatable bonds is 5. The monoisotopic (exact) mass is 465 g/mol. The molecule has 2 heterocycles. The highest BCUT2D eigenvalue weighted by atomic mass is 32.2. The summed E-state index contributed by atoms with van der Waals surface area (Å²) in [5, 5.41) is 2.70. The van der Waals surface area contributed by atoms with Crippen molar-refractivity contribution in [1.82, 2.24) is 9.71 Å². The Morgan fingerprint density at radius 3 is 2.64 bits per heavy atom. The molecule has 9 heteroatoms. The molecule has 1 aromatic heterocycles. The van der Waals surface area contributed by atoms with Gasteiger partial charge in [-0.3, -0.25) is 4.79 Å². The zero-order chi connectivity index (χ0) is 23.6. The van der Waals surface area contributed by atoms with Gasteiger partial charge in [-0.1, -0.05) is 29.5 Å². The molecule has 7 nitrogen and oxygen atoms in total. The van der Waals surface area contributed by atoms with Gasteiger partial charge >= 0.3 is 0 Å². The average Bonchev–Trinajstić information content (AvgIpc) is 3.37. The predicted octanol–water partition coefficient (Wildman–Crippen LogP) is 3.29. The normalized spacial score (nSPS) is 13.9. The standard InChI is InChI=1S/C24H20FN3O4S/c1-15-5-7-16(8-6-15)33(30,31)27-12-3-4-17-19(25)9-10-20-23(17)18(24(29)28-20)14-21-22(32-2)11-13-26-21/h5-11,13-14,26-27H,12H2,1-2H3,(H,28,29)/b18-14-. The smallest absolute Gasteiger partial charge is 0.256 e. The Morgan fingerprint density at radius 2 is 1.91 bits per heavy atom. The van der Waals surface area contributed by atoms with E-state index in [9.17, 15) is 17.6 Å². The Balaban J connectivity index is 1.64. The number of ether oxygens (including phenoxy) is 1. The molecule has 1 amide bonds. The molecular weight excluding hydrogens is 445 g/mol. The van der Waals surface area contributed by atoms with Crippen molar-refractivity contribution in [2.45, 2.75) is 11.8 Å². The first-order chi connectivity index (χ1) is 15.8. The number of H-pyrrole nitrogens is 1. The number of amides is 1. The quantitative estimate of drug-likeness (QED) is 0.398. The van der Waals surface area contributed by atoms with Gasteiger partial charge in [0.15, 0.2) is 0 Å². The number of halogens is 1. The summed E-state index contributed by atoms with van der Waals surface area (Å²) in [7, 11) is -2.25. The largest absolute Gasteiger partial charge is 0.495 e. The molecule has 0 saturated carbocycles. The third-order valence-corrected chi connectivity index (χ3v) is 6.48. The van der Waals surface area contributed by atoms with Crippen molar-refractivity contribution in [1.29, 1.82) is 0 Å². The molecule has 0 spiro atoms. The molecule has 1 aliphatic rings. The molecule has 0 aliphatic carbocycles. The number of nitrogens with one attached hydrogen (secondary N) is 3. The third kappa shape index (κ3) is 4.53. The van der Waals surface area contributed by atoms with E-state index >= 15 is 0 Å². The Morgan fingerprint density at radius 1 is 1.15 bits per heavy atom. The van der Waals surface area contributed by atoms with E-state index in [4.69, 9.17) is 4.74 Å². The number of sulfonamides is 1. The Kier molecular flexibility index (Phi) is 6.05. The van der Waals surface area contributed by atoms with Gasteiger partial charge in [0, 0.05) is 11.8 Å². The molecule has 0 unspecified atom stereocenters. The van der Waals surface area contributed by atoms with Crippen LogP contribution >= 0.6 is 0 Å². The molecule has 0 bridgehead atoms. The molecule has 2 aromatic carbocycles. The maximum atomic E-state index is 14.7. The summed E-state index contributed by atoms with van der Waals surface area (Å²) in [5.41, 5.74) is 2.43. The Hall–Kier alpha value is -3.87. The van der Waals surface area contributed by atoms with Crippen LogP contribution in [0.2, 0.25) is 0 Å². The molecule has 0 atom stereocenters. The summed E-state index contributed by atoms with van der Waals surface area (Å²) >= 11 is 0. The van der Waals surface area contributed by atoms with Crippen LogP contribution in [0, 0.1) is 24.6 Å². The molecule has 3 aromatic rings. The summed E-state index contributed by atoms with van der Waals surface area (Å²) < 4.78 is 47.1. The lowest BCUT2D eigenvalue weighted by atomic mass is 9.99. The van der Waals surface area contributed by atoms with Crippen molar-refractivity contribution in [3.8, 4) is 17.6 Å². The Labute approximate surface area is 190 Å². The van der Waals surface area contributed by atoms with Gasteiger partial charge in [-0.2, -0.15) is 4.72 Å². The van der Waals surface area contributed by atoms with Crippen molar-refractivity contribution >= 4 is 33.3 Å². The number of hydrogen-bond acceptors (Lipinski definition) is 4. The van der Waals surface area contributed by atoms with Crippen molar-refractivity contribution in [2.24, 2.45) is 0 Å². The van der Waals surface area contributed by atoms with Gasteiger partial charge in [-0.25, -0.2) is 12.8 Å². The van der Waals surface area contributed by atoms with Crippen molar-refractivity contribution in [3.63, 3.8) is 0 Å². The lowest BCUT2D eigenvalue weighted by Crippen LogP contribution is -2.24. The molecule has 168 valence electrons. The average molecular weight is 466 g/mol. The number of anilines is 1. The van der Waals surface area contributed by atoms with Gasteiger partial charge in [0.25, 0.3) is 5.91 Å². The fourth-order valence-electron chi connectivity index (χ4n) is 3.39. The number of aromatic amines is 1. The van der Waals surface area contributed by atoms with Gasteiger partial charge in [-0.15, -0.1) is 0 Å². The van der Waals surface area contributed by atoms with Crippen molar-refractivity contribution < 1.29 is 22.3 Å². The second-order valence-electron chi connectivity index (χ2n) is 7.26. The van der Waals surface area contributed by atoms with E-state index in [1.165, 1.54) is 31.4 Å². The molecule has 1 aliphatic heterocycles. The summed E-state index contributed by atoms with van der Waals surface area (Å²) in [4.78, 5) is 15.6. The van der Waals surface area contributed by atoms with Crippen LogP contribution in [0.15, 0.2) is 53.6 Å². The van der Waals surface area contributed by atoms with Crippen LogP contribution < -0.4 is 14.8 Å². The van der Waals surface area contributed by atoms with E-state index in [0.29, 0.717) is 22.7 Å². The number of hydrogen-bond donors (Lipinski definition) is 3. The SMILES string of the molecule is COc1cc[nH]c1/C=C1\C(=O)Nc2ccc(F)c(C#CCNS(=O)(=O)c3ccc(C)cc3)c21. The molecule has 3 N–H and O–H groups in total. The Bertz CT molecular complexity index is 1430. The molecular formula is C24H20FN3O4S. The first-order valence-corrected chi connectivity index (χ1v) is 11.4. The second-order valence-corrected chi connectivity index (χ2v) is 9.02. The van der Waals surface area contributed by atoms with E-state index in [2.05, 4.69) is 26.9 Å².